The Bertz CT molecular complexity index is 1050. The zero-order valence-electron chi connectivity index (χ0n) is 14.2. The number of benzene rings is 2. The quantitative estimate of drug-likeness (QED) is 0.585. The van der Waals surface area contributed by atoms with E-state index in [4.69, 9.17) is 0 Å². The summed E-state index contributed by atoms with van der Waals surface area (Å²) in [7, 11) is 0. The number of hydrogen-bond acceptors (Lipinski definition) is 2. The highest BCUT2D eigenvalue weighted by Crippen LogP contribution is 2.39. The molecule has 0 saturated heterocycles. The van der Waals surface area contributed by atoms with Gasteiger partial charge < -0.3 is 9.97 Å². The highest BCUT2D eigenvalue weighted by Gasteiger charge is 2.33. The monoisotopic (exact) mass is 346 g/mol. The largest absolute Gasteiger partial charge is 0.357 e. The van der Waals surface area contributed by atoms with Crippen LogP contribution in [0.1, 0.15) is 28.7 Å². The molecule has 2 N–H and O–H groups in total. The number of para-hydroxylation sites is 1. The lowest BCUT2D eigenvalue weighted by molar-refractivity contribution is 0.194. The highest BCUT2D eigenvalue weighted by molar-refractivity contribution is 5.85. The van der Waals surface area contributed by atoms with Crippen molar-refractivity contribution in [2.24, 2.45) is 0 Å². The van der Waals surface area contributed by atoms with Crippen molar-refractivity contribution in [3.05, 3.63) is 89.4 Å². The van der Waals surface area contributed by atoms with Crippen LogP contribution in [0, 0.1) is 5.82 Å². The van der Waals surface area contributed by atoms with Gasteiger partial charge >= 0.3 is 0 Å². The molecule has 0 fully saturated rings. The molecule has 4 aromatic rings. The summed E-state index contributed by atoms with van der Waals surface area (Å²) >= 11 is 0. The van der Waals surface area contributed by atoms with Crippen molar-refractivity contribution in [1.82, 2.24) is 19.9 Å². The summed E-state index contributed by atoms with van der Waals surface area (Å²) in [6.45, 7) is 1.51. The molecule has 0 radical (unpaired) electrons. The van der Waals surface area contributed by atoms with Crippen molar-refractivity contribution in [3.8, 4) is 0 Å². The molecule has 5 rings (SSSR count). The van der Waals surface area contributed by atoms with Gasteiger partial charge in [-0.05, 0) is 24.1 Å². The molecule has 2 aromatic carbocycles. The van der Waals surface area contributed by atoms with E-state index in [1.807, 2.05) is 24.4 Å². The van der Waals surface area contributed by atoms with Gasteiger partial charge in [-0.15, -0.1) is 0 Å². The Hall–Kier alpha value is -2.92. The molecule has 1 aliphatic heterocycles. The van der Waals surface area contributed by atoms with E-state index in [1.54, 1.807) is 12.3 Å². The summed E-state index contributed by atoms with van der Waals surface area (Å²) in [5.41, 5.74) is 4.20. The molecule has 0 saturated carbocycles. The average molecular weight is 346 g/mol. The van der Waals surface area contributed by atoms with Gasteiger partial charge in [0.1, 0.15) is 11.6 Å². The number of aromatic amines is 2. The van der Waals surface area contributed by atoms with Crippen LogP contribution in [-0.2, 0) is 13.0 Å². The summed E-state index contributed by atoms with van der Waals surface area (Å²) in [6, 6.07) is 15.2. The maximum Gasteiger partial charge on any atom is 0.128 e. The Kier molecular flexibility index (Phi) is 3.60. The zero-order chi connectivity index (χ0) is 17.5. The lowest BCUT2D eigenvalue weighted by Crippen LogP contribution is -2.36. The van der Waals surface area contributed by atoms with E-state index in [1.165, 1.54) is 17.0 Å². The van der Waals surface area contributed by atoms with Crippen molar-refractivity contribution in [3.63, 3.8) is 0 Å². The Morgan fingerprint density at radius 2 is 1.96 bits per heavy atom. The van der Waals surface area contributed by atoms with E-state index in [0.29, 0.717) is 12.1 Å². The van der Waals surface area contributed by atoms with E-state index in [-0.39, 0.29) is 11.9 Å². The van der Waals surface area contributed by atoms with Crippen molar-refractivity contribution in [2.75, 3.05) is 6.54 Å². The number of fused-ring (bicyclic) bond motifs is 3. The third-order valence-corrected chi connectivity index (χ3v) is 5.24. The minimum absolute atomic E-state index is 0.155. The van der Waals surface area contributed by atoms with Gasteiger partial charge in [0, 0.05) is 41.1 Å². The maximum absolute atomic E-state index is 14.7. The van der Waals surface area contributed by atoms with E-state index < -0.39 is 0 Å². The van der Waals surface area contributed by atoms with Gasteiger partial charge in [-0.25, -0.2) is 9.37 Å². The summed E-state index contributed by atoms with van der Waals surface area (Å²) in [6.07, 6.45) is 4.52. The maximum atomic E-state index is 14.7. The summed E-state index contributed by atoms with van der Waals surface area (Å²) in [5, 5.41) is 1.24. The van der Waals surface area contributed by atoms with Gasteiger partial charge in [-0.3, -0.25) is 4.90 Å². The Balaban J connectivity index is 1.67. The first kappa shape index (κ1) is 15.3. The summed E-state index contributed by atoms with van der Waals surface area (Å²) in [4.78, 5) is 13.4. The van der Waals surface area contributed by atoms with Crippen LogP contribution in [0.25, 0.3) is 10.9 Å². The van der Waals surface area contributed by atoms with Gasteiger partial charge in [0.2, 0.25) is 0 Å². The van der Waals surface area contributed by atoms with Crippen LogP contribution < -0.4 is 0 Å². The number of nitrogens with one attached hydrogen (secondary N) is 2. The predicted octanol–water partition coefficient (Wildman–Crippen LogP) is 4.18. The summed E-state index contributed by atoms with van der Waals surface area (Å²) in [5.74, 6) is 0.722. The molecule has 0 unspecified atom stereocenters. The fraction of sp³-hybridized carbons (Fsp3) is 0.190. The van der Waals surface area contributed by atoms with Crippen LogP contribution >= 0.6 is 0 Å². The molecule has 0 amide bonds. The normalized spacial score (nSPS) is 17.5. The van der Waals surface area contributed by atoms with E-state index in [9.17, 15) is 4.39 Å². The number of imidazole rings is 1. The lowest BCUT2D eigenvalue weighted by Gasteiger charge is -2.35. The van der Waals surface area contributed by atoms with Crippen LogP contribution in [0.5, 0.6) is 0 Å². The second kappa shape index (κ2) is 6.11. The zero-order valence-corrected chi connectivity index (χ0v) is 14.2. The molecule has 5 heteroatoms. The Labute approximate surface area is 150 Å². The number of rotatable bonds is 3. The molecular formula is C21H19FN4. The van der Waals surface area contributed by atoms with Crippen LogP contribution in [0.3, 0.4) is 0 Å². The van der Waals surface area contributed by atoms with Gasteiger partial charge in [-0.1, -0.05) is 36.4 Å². The second-order valence-corrected chi connectivity index (χ2v) is 6.74. The highest BCUT2D eigenvalue weighted by atomic mass is 19.1. The van der Waals surface area contributed by atoms with Crippen LogP contribution in [0.2, 0.25) is 0 Å². The topological polar surface area (TPSA) is 47.7 Å². The van der Waals surface area contributed by atoms with Crippen LogP contribution in [0.4, 0.5) is 4.39 Å². The SMILES string of the molecule is Fc1ccccc1[C@@H]1c2[nH]c3ccccc3c2CCN1Cc1ncc[nH]1. The molecular weight excluding hydrogens is 327 g/mol. The van der Waals surface area contributed by atoms with Crippen molar-refractivity contribution >= 4 is 10.9 Å². The third kappa shape index (κ3) is 2.44. The van der Waals surface area contributed by atoms with Gasteiger partial charge in [0.05, 0.1) is 12.6 Å². The number of nitrogens with zero attached hydrogens (tertiary/aromatic N) is 2. The second-order valence-electron chi connectivity index (χ2n) is 6.74. The number of hydrogen-bond donors (Lipinski definition) is 2. The van der Waals surface area contributed by atoms with Crippen molar-refractivity contribution in [1.29, 1.82) is 0 Å². The smallest absolute Gasteiger partial charge is 0.128 e. The summed E-state index contributed by atoms with van der Waals surface area (Å²) < 4.78 is 14.7. The first-order valence-electron chi connectivity index (χ1n) is 8.87. The molecule has 0 bridgehead atoms. The van der Waals surface area contributed by atoms with Crippen molar-refractivity contribution < 1.29 is 4.39 Å². The molecule has 2 aromatic heterocycles. The lowest BCUT2D eigenvalue weighted by atomic mass is 9.92. The third-order valence-electron chi connectivity index (χ3n) is 5.24. The minimum Gasteiger partial charge on any atom is -0.357 e. The standard InChI is InChI=1S/C21H19FN4/c22-17-7-3-1-6-16(17)21-20-15(14-5-2-4-8-18(14)25-20)9-12-26(21)13-19-23-10-11-24-19/h1-8,10-11,21,25H,9,12-13H2,(H,23,24)/t21-/m1/s1. The predicted molar refractivity (Wildman–Crippen MR) is 99.2 cm³/mol. The molecule has 26 heavy (non-hydrogen) atoms. The van der Waals surface area contributed by atoms with Gasteiger partial charge in [-0.2, -0.15) is 0 Å². The molecule has 0 spiro atoms. The molecule has 0 aliphatic carbocycles. The van der Waals surface area contributed by atoms with Crippen LogP contribution in [-0.4, -0.2) is 26.4 Å². The van der Waals surface area contributed by atoms with Gasteiger partial charge in [0.25, 0.3) is 0 Å². The number of halogens is 1. The molecule has 4 nitrogen and oxygen atoms in total. The first-order valence-corrected chi connectivity index (χ1v) is 8.87. The molecule has 1 atom stereocenters. The Morgan fingerprint density at radius 1 is 1.12 bits per heavy atom. The molecule has 130 valence electrons. The fourth-order valence-corrected chi connectivity index (χ4v) is 4.09. The minimum atomic E-state index is -0.173. The van der Waals surface area contributed by atoms with Crippen LogP contribution in [0.15, 0.2) is 60.9 Å². The number of H-pyrrole nitrogens is 2. The molecule has 1 aliphatic rings. The van der Waals surface area contributed by atoms with E-state index in [2.05, 4.69) is 38.1 Å². The first-order chi connectivity index (χ1) is 12.8. The van der Waals surface area contributed by atoms with Crippen molar-refractivity contribution in [2.45, 2.75) is 19.0 Å². The molecule has 3 heterocycles. The Morgan fingerprint density at radius 3 is 2.81 bits per heavy atom. The fourth-order valence-electron chi connectivity index (χ4n) is 4.09. The van der Waals surface area contributed by atoms with E-state index >= 15 is 0 Å². The van der Waals surface area contributed by atoms with E-state index in [0.717, 1.165) is 30.0 Å². The number of aromatic nitrogens is 3. The average Bonchev–Trinajstić information content (AvgIpc) is 3.30. The van der Waals surface area contributed by atoms with Gasteiger partial charge in [0.15, 0.2) is 0 Å².